The highest BCUT2D eigenvalue weighted by molar-refractivity contribution is 4.89. The lowest BCUT2D eigenvalue weighted by Crippen LogP contribution is -2.44. The van der Waals surface area contributed by atoms with Crippen LogP contribution in [-0.2, 0) is 0 Å². The fourth-order valence-electron chi connectivity index (χ4n) is 3.18. The molecule has 1 saturated heterocycles. The maximum absolute atomic E-state index is 3.89. The lowest BCUT2D eigenvalue weighted by Gasteiger charge is -2.32. The average molecular weight is 210 g/mol. The SMILES string of the molecule is CC1CCCCC1NC1CC(C)N(C)C1. The fourth-order valence-corrected chi connectivity index (χ4v) is 3.18. The largest absolute Gasteiger partial charge is 0.310 e. The van der Waals surface area contributed by atoms with E-state index in [0.717, 1.165) is 24.0 Å². The van der Waals surface area contributed by atoms with Crippen LogP contribution in [0.2, 0.25) is 0 Å². The van der Waals surface area contributed by atoms with Gasteiger partial charge in [-0.1, -0.05) is 19.8 Å². The van der Waals surface area contributed by atoms with Gasteiger partial charge in [-0.3, -0.25) is 0 Å². The van der Waals surface area contributed by atoms with Crippen molar-refractivity contribution in [3.8, 4) is 0 Å². The molecule has 15 heavy (non-hydrogen) atoms. The quantitative estimate of drug-likeness (QED) is 0.752. The van der Waals surface area contributed by atoms with E-state index >= 15 is 0 Å². The number of hydrogen-bond donors (Lipinski definition) is 1. The molecule has 0 aromatic rings. The molecule has 0 amide bonds. The molecule has 0 aromatic carbocycles. The summed E-state index contributed by atoms with van der Waals surface area (Å²) in [6.45, 7) is 6.00. The Morgan fingerprint density at radius 2 is 1.87 bits per heavy atom. The van der Waals surface area contributed by atoms with E-state index in [0.29, 0.717) is 0 Å². The van der Waals surface area contributed by atoms with Crippen molar-refractivity contribution in [3.05, 3.63) is 0 Å². The molecular formula is C13H26N2. The molecule has 2 nitrogen and oxygen atoms in total. The van der Waals surface area contributed by atoms with E-state index < -0.39 is 0 Å². The van der Waals surface area contributed by atoms with Crippen LogP contribution in [0.3, 0.4) is 0 Å². The van der Waals surface area contributed by atoms with Gasteiger partial charge in [0.1, 0.15) is 0 Å². The summed E-state index contributed by atoms with van der Waals surface area (Å²) in [5.41, 5.74) is 0. The van der Waals surface area contributed by atoms with Crippen LogP contribution in [0, 0.1) is 5.92 Å². The van der Waals surface area contributed by atoms with Crippen LogP contribution in [0.1, 0.15) is 46.0 Å². The highest BCUT2D eigenvalue weighted by atomic mass is 15.2. The maximum Gasteiger partial charge on any atom is 0.0212 e. The third-order valence-electron chi connectivity index (χ3n) is 4.45. The van der Waals surface area contributed by atoms with E-state index in [9.17, 15) is 0 Å². The van der Waals surface area contributed by atoms with E-state index in [1.807, 2.05) is 0 Å². The molecule has 0 aromatic heterocycles. The minimum atomic E-state index is 0.746. The fraction of sp³-hybridized carbons (Fsp3) is 1.00. The number of likely N-dealkylation sites (N-methyl/N-ethyl adjacent to an activating group) is 1. The Morgan fingerprint density at radius 3 is 2.47 bits per heavy atom. The minimum Gasteiger partial charge on any atom is -0.310 e. The van der Waals surface area contributed by atoms with Gasteiger partial charge in [-0.05, 0) is 39.2 Å². The van der Waals surface area contributed by atoms with Gasteiger partial charge in [0, 0.05) is 24.7 Å². The summed E-state index contributed by atoms with van der Waals surface area (Å²) in [7, 11) is 2.25. The Morgan fingerprint density at radius 1 is 1.13 bits per heavy atom. The van der Waals surface area contributed by atoms with Crippen LogP contribution in [0.15, 0.2) is 0 Å². The minimum absolute atomic E-state index is 0.746. The molecule has 2 rings (SSSR count). The summed E-state index contributed by atoms with van der Waals surface area (Å²) in [6.07, 6.45) is 7.03. The highest BCUT2D eigenvalue weighted by Gasteiger charge is 2.30. The van der Waals surface area contributed by atoms with Crippen molar-refractivity contribution in [1.82, 2.24) is 10.2 Å². The Hall–Kier alpha value is -0.0800. The van der Waals surface area contributed by atoms with Gasteiger partial charge < -0.3 is 10.2 Å². The van der Waals surface area contributed by atoms with Crippen molar-refractivity contribution < 1.29 is 0 Å². The van der Waals surface area contributed by atoms with Crippen LogP contribution in [0.5, 0.6) is 0 Å². The van der Waals surface area contributed by atoms with Gasteiger partial charge >= 0.3 is 0 Å². The second kappa shape index (κ2) is 4.84. The number of likely N-dealkylation sites (tertiary alicyclic amines) is 1. The molecule has 2 aliphatic rings. The first kappa shape index (κ1) is 11.4. The van der Waals surface area contributed by atoms with Crippen LogP contribution in [-0.4, -0.2) is 36.6 Å². The van der Waals surface area contributed by atoms with Crippen LogP contribution < -0.4 is 5.32 Å². The molecule has 4 unspecified atom stereocenters. The van der Waals surface area contributed by atoms with Crippen molar-refractivity contribution >= 4 is 0 Å². The zero-order valence-corrected chi connectivity index (χ0v) is 10.5. The van der Waals surface area contributed by atoms with Gasteiger partial charge in [-0.15, -0.1) is 0 Å². The molecule has 1 saturated carbocycles. The normalized spacial score (nSPS) is 43.4. The van der Waals surface area contributed by atoms with Crippen molar-refractivity contribution in [3.63, 3.8) is 0 Å². The van der Waals surface area contributed by atoms with Crippen molar-refractivity contribution in [2.45, 2.75) is 64.1 Å². The lowest BCUT2D eigenvalue weighted by molar-refractivity contribution is 0.256. The summed E-state index contributed by atoms with van der Waals surface area (Å²) >= 11 is 0. The number of hydrogen-bond acceptors (Lipinski definition) is 2. The summed E-state index contributed by atoms with van der Waals surface area (Å²) in [6, 6.07) is 2.30. The van der Waals surface area contributed by atoms with Crippen molar-refractivity contribution in [1.29, 1.82) is 0 Å². The van der Waals surface area contributed by atoms with E-state index in [1.54, 1.807) is 0 Å². The molecule has 0 bridgehead atoms. The first-order valence-corrected chi connectivity index (χ1v) is 6.63. The molecule has 4 atom stereocenters. The topological polar surface area (TPSA) is 15.3 Å². The van der Waals surface area contributed by atoms with Crippen molar-refractivity contribution in [2.24, 2.45) is 5.92 Å². The zero-order valence-electron chi connectivity index (χ0n) is 10.5. The van der Waals surface area contributed by atoms with E-state index in [2.05, 4.69) is 31.1 Å². The van der Waals surface area contributed by atoms with Crippen LogP contribution in [0.25, 0.3) is 0 Å². The molecule has 88 valence electrons. The molecule has 1 heterocycles. The summed E-state index contributed by atoms with van der Waals surface area (Å²) in [4.78, 5) is 2.48. The van der Waals surface area contributed by atoms with Gasteiger partial charge in [0.2, 0.25) is 0 Å². The maximum atomic E-state index is 3.89. The Balaban J connectivity index is 1.81. The average Bonchev–Trinajstić information content (AvgIpc) is 2.50. The van der Waals surface area contributed by atoms with Gasteiger partial charge in [0.15, 0.2) is 0 Å². The molecule has 0 radical (unpaired) electrons. The van der Waals surface area contributed by atoms with E-state index in [-0.39, 0.29) is 0 Å². The Labute approximate surface area is 94.4 Å². The molecule has 2 heteroatoms. The van der Waals surface area contributed by atoms with Gasteiger partial charge in [0.25, 0.3) is 0 Å². The molecule has 1 aliphatic carbocycles. The highest BCUT2D eigenvalue weighted by Crippen LogP contribution is 2.25. The number of nitrogens with one attached hydrogen (secondary N) is 1. The summed E-state index contributed by atoms with van der Waals surface area (Å²) in [5.74, 6) is 0.889. The first-order valence-electron chi connectivity index (χ1n) is 6.63. The van der Waals surface area contributed by atoms with Gasteiger partial charge in [-0.2, -0.15) is 0 Å². The molecular weight excluding hydrogens is 184 g/mol. The second-order valence-electron chi connectivity index (χ2n) is 5.76. The molecule has 2 fully saturated rings. The molecule has 1 N–H and O–H groups in total. The number of rotatable bonds is 2. The van der Waals surface area contributed by atoms with Crippen molar-refractivity contribution in [2.75, 3.05) is 13.6 Å². The van der Waals surface area contributed by atoms with Gasteiger partial charge in [0.05, 0.1) is 0 Å². The van der Waals surface area contributed by atoms with Gasteiger partial charge in [-0.25, -0.2) is 0 Å². The predicted octanol–water partition coefficient (Wildman–Crippen LogP) is 2.25. The second-order valence-corrected chi connectivity index (χ2v) is 5.76. The Kier molecular flexibility index (Phi) is 3.68. The molecule has 1 aliphatic heterocycles. The van der Waals surface area contributed by atoms with E-state index in [4.69, 9.17) is 0 Å². The smallest absolute Gasteiger partial charge is 0.0212 e. The van der Waals surface area contributed by atoms with Crippen LogP contribution >= 0.6 is 0 Å². The standard InChI is InChI=1S/C13H26N2/c1-10-6-4-5-7-13(10)14-12-8-11(2)15(3)9-12/h10-14H,4-9H2,1-3H3. The Bertz CT molecular complexity index is 195. The first-order chi connectivity index (χ1) is 7.16. The summed E-state index contributed by atoms with van der Waals surface area (Å²) in [5, 5.41) is 3.89. The third-order valence-corrected chi connectivity index (χ3v) is 4.45. The summed E-state index contributed by atoms with van der Waals surface area (Å²) < 4.78 is 0. The predicted molar refractivity (Wildman–Crippen MR) is 65.1 cm³/mol. The van der Waals surface area contributed by atoms with Crippen LogP contribution in [0.4, 0.5) is 0 Å². The monoisotopic (exact) mass is 210 g/mol. The van der Waals surface area contributed by atoms with E-state index in [1.165, 1.54) is 38.6 Å². The third kappa shape index (κ3) is 2.73. The lowest BCUT2D eigenvalue weighted by atomic mass is 9.85. The zero-order chi connectivity index (χ0) is 10.8. The number of nitrogens with zero attached hydrogens (tertiary/aromatic N) is 1. The molecule has 0 spiro atoms.